The highest BCUT2D eigenvalue weighted by Gasteiger charge is 2.23. The molecule has 3 nitrogen and oxygen atoms in total. The zero-order valence-electron chi connectivity index (χ0n) is 11.8. The van der Waals surface area contributed by atoms with Crippen LogP contribution < -0.4 is 0 Å². The van der Waals surface area contributed by atoms with E-state index in [4.69, 9.17) is 11.6 Å². The van der Waals surface area contributed by atoms with Gasteiger partial charge in [-0.3, -0.25) is 9.58 Å². The fourth-order valence-corrected chi connectivity index (χ4v) is 3.76. The van der Waals surface area contributed by atoms with Gasteiger partial charge in [0.2, 0.25) is 0 Å². The maximum absolute atomic E-state index is 6.42. The van der Waals surface area contributed by atoms with Crippen molar-refractivity contribution in [2.24, 2.45) is 0 Å². The van der Waals surface area contributed by atoms with Crippen molar-refractivity contribution in [3.63, 3.8) is 0 Å². The largest absolute Gasteiger partial charge is 0.294 e. The van der Waals surface area contributed by atoms with Crippen LogP contribution in [0.15, 0.2) is 0 Å². The topological polar surface area (TPSA) is 21.1 Å². The maximum Gasteiger partial charge on any atom is 0.0860 e. The van der Waals surface area contributed by atoms with Gasteiger partial charge in [0, 0.05) is 24.5 Å². The fraction of sp³-hybridized carbons (Fsp3) is 0.786. The SMILES string of the molecule is CCn1nc(C)c(Cl)c1CN1CCCCCC1CBr. The molecule has 2 heterocycles. The van der Waals surface area contributed by atoms with E-state index in [1.165, 1.54) is 37.9 Å². The highest BCUT2D eigenvalue weighted by atomic mass is 79.9. The lowest BCUT2D eigenvalue weighted by molar-refractivity contribution is 0.203. The van der Waals surface area contributed by atoms with Gasteiger partial charge in [0.25, 0.3) is 0 Å². The molecule has 19 heavy (non-hydrogen) atoms. The molecule has 0 spiro atoms. The molecule has 0 N–H and O–H groups in total. The first kappa shape index (κ1) is 15.3. The molecule has 1 aliphatic heterocycles. The molecular weight excluding hydrogens is 326 g/mol. The average Bonchev–Trinajstić information content (AvgIpc) is 2.60. The van der Waals surface area contributed by atoms with Crippen molar-refractivity contribution in [2.45, 2.75) is 58.7 Å². The summed E-state index contributed by atoms with van der Waals surface area (Å²) < 4.78 is 2.05. The number of likely N-dealkylation sites (tertiary alicyclic amines) is 1. The summed E-state index contributed by atoms with van der Waals surface area (Å²) in [6, 6.07) is 0.624. The Kier molecular flexibility index (Phi) is 5.72. The monoisotopic (exact) mass is 347 g/mol. The minimum atomic E-state index is 0.624. The van der Waals surface area contributed by atoms with Gasteiger partial charge in [0.1, 0.15) is 0 Å². The predicted molar refractivity (Wildman–Crippen MR) is 84.1 cm³/mol. The molecule has 0 amide bonds. The lowest BCUT2D eigenvalue weighted by atomic mass is 10.1. The number of aromatic nitrogens is 2. The lowest BCUT2D eigenvalue weighted by Gasteiger charge is -2.28. The standard InChI is InChI=1S/C14H23BrClN3/c1-3-19-13(14(16)11(2)17-19)10-18-8-6-4-5-7-12(18)9-15/h12H,3-10H2,1-2H3. The molecule has 108 valence electrons. The molecule has 0 saturated carbocycles. The number of hydrogen-bond acceptors (Lipinski definition) is 2. The number of nitrogens with zero attached hydrogens (tertiary/aromatic N) is 3. The normalized spacial score (nSPS) is 21.6. The summed E-state index contributed by atoms with van der Waals surface area (Å²) in [6.07, 6.45) is 5.26. The third-order valence-electron chi connectivity index (χ3n) is 3.98. The van der Waals surface area contributed by atoms with E-state index in [1.54, 1.807) is 0 Å². The zero-order chi connectivity index (χ0) is 13.8. The summed E-state index contributed by atoms with van der Waals surface area (Å²) in [6.45, 7) is 7.08. The Balaban J connectivity index is 2.18. The molecule has 1 atom stereocenters. The van der Waals surface area contributed by atoms with Crippen LogP contribution in [0.2, 0.25) is 5.02 Å². The summed E-state index contributed by atoms with van der Waals surface area (Å²) in [4.78, 5) is 2.57. The Morgan fingerprint density at radius 3 is 2.84 bits per heavy atom. The Bertz CT molecular complexity index is 419. The smallest absolute Gasteiger partial charge is 0.0860 e. The van der Waals surface area contributed by atoms with Crippen LogP contribution in [0.5, 0.6) is 0 Å². The van der Waals surface area contributed by atoms with E-state index in [2.05, 4.69) is 32.9 Å². The highest BCUT2D eigenvalue weighted by molar-refractivity contribution is 9.09. The van der Waals surface area contributed by atoms with Crippen LogP contribution in [0.3, 0.4) is 0 Å². The van der Waals surface area contributed by atoms with Crippen LogP contribution in [-0.4, -0.2) is 32.6 Å². The van der Waals surface area contributed by atoms with Crippen LogP contribution >= 0.6 is 27.5 Å². The molecule has 0 aromatic carbocycles. The van der Waals surface area contributed by atoms with E-state index in [-0.39, 0.29) is 0 Å². The lowest BCUT2D eigenvalue weighted by Crippen LogP contribution is -2.36. The van der Waals surface area contributed by atoms with Crippen LogP contribution in [0.25, 0.3) is 0 Å². The molecule has 1 aromatic heterocycles. The van der Waals surface area contributed by atoms with Gasteiger partial charge in [-0.05, 0) is 33.2 Å². The van der Waals surface area contributed by atoms with Gasteiger partial charge in [0.15, 0.2) is 0 Å². The molecule has 5 heteroatoms. The van der Waals surface area contributed by atoms with Gasteiger partial charge >= 0.3 is 0 Å². The number of alkyl halides is 1. The van der Waals surface area contributed by atoms with Gasteiger partial charge < -0.3 is 0 Å². The first-order valence-corrected chi connectivity index (χ1v) is 8.69. The second kappa shape index (κ2) is 7.09. The summed E-state index contributed by atoms with van der Waals surface area (Å²) >= 11 is 10.1. The molecular formula is C14H23BrClN3. The van der Waals surface area contributed by atoms with Crippen LogP contribution in [0.1, 0.15) is 44.0 Å². The second-order valence-corrected chi connectivity index (χ2v) is 6.32. The van der Waals surface area contributed by atoms with E-state index in [1.807, 2.05) is 11.6 Å². The molecule has 0 aliphatic carbocycles. The van der Waals surface area contributed by atoms with Crippen molar-refractivity contribution >= 4 is 27.5 Å². The van der Waals surface area contributed by atoms with Gasteiger partial charge in [-0.2, -0.15) is 5.10 Å². The van der Waals surface area contributed by atoms with E-state index >= 15 is 0 Å². The fourth-order valence-electron chi connectivity index (χ4n) is 2.83. The van der Waals surface area contributed by atoms with Crippen molar-refractivity contribution in [1.82, 2.24) is 14.7 Å². The molecule has 1 aromatic rings. The Morgan fingerprint density at radius 2 is 2.16 bits per heavy atom. The number of hydrogen-bond donors (Lipinski definition) is 0. The van der Waals surface area contributed by atoms with Crippen LogP contribution in [0, 0.1) is 6.92 Å². The van der Waals surface area contributed by atoms with Crippen LogP contribution in [-0.2, 0) is 13.1 Å². The first-order valence-electron chi connectivity index (χ1n) is 7.19. The molecule has 1 fully saturated rings. The van der Waals surface area contributed by atoms with Crippen molar-refractivity contribution in [3.05, 3.63) is 16.4 Å². The van der Waals surface area contributed by atoms with Crippen molar-refractivity contribution in [3.8, 4) is 0 Å². The molecule has 1 saturated heterocycles. The van der Waals surface area contributed by atoms with E-state index in [0.29, 0.717) is 6.04 Å². The molecule has 0 radical (unpaired) electrons. The summed E-state index contributed by atoms with van der Waals surface area (Å²) in [5.41, 5.74) is 2.12. The number of aryl methyl sites for hydroxylation is 2. The number of rotatable bonds is 4. The van der Waals surface area contributed by atoms with E-state index in [9.17, 15) is 0 Å². The number of halogens is 2. The summed E-state index contributed by atoms with van der Waals surface area (Å²) in [7, 11) is 0. The quantitative estimate of drug-likeness (QED) is 0.767. The van der Waals surface area contributed by atoms with Crippen molar-refractivity contribution in [1.29, 1.82) is 0 Å². The van der Waals surface area contributed by atoms with Crippen molar-refractivity contribution in [2.75, 3.05) is 11.9 Å². The molecule has 2 rings (SSSR count). The minimum absolute atomic E-state index is 0.624. The van der Waals surface area contributed by atoms with Gasteiger partial charge in [-0.25, -0.2) is 0 Å². The average molecular weight is 349 g/mol. The Hall–Kier alpha value is -0.0600. The third kappa shape index (κ3) is 3.53. The van der Waals surface area contributed by atoms with Gasteiger partial charge in [-0.1, -0.05) is 40.4 Å². The Morgan fingerprint density at radius 1 is 1.37 bits per heavy atom. The molecule has 1 unspecified atom stereocenters. The first-order chi connectivity index (χ1) is 9.17. The van der Waals surface area contributed by atoms with Gasteiger partial charge in [-0.15, -0.1) is 0 Å². The highest BCUT2D eigenvalue weighted by Crippen LogP contribution is 2.25. The molecule has 1 aliphatic rings. The van der Waals surface area contributed by atoms with E-state index in [0.717, 1.165) is 29.1 Å². The Labute approximate surface area is 129 Å². The molecule has 0 bridgehead atoms. The summed E-state index contributed by atoms with van der Waals surface area (Å²) in [5.74, 6) is 0. The van der Waals surface area contributed by atoms with Gasteiger partial charge in [0.05, 0.1) is 16.4 Å². The third-order valence-corrected chi connectivity index (χ3v) is 5.22. The van der Waals surface area contributed by atoms with E-state index < -0.39 is 0 Å². The second-order valence-electron chi connectivity index (χ2n) is 5.29. The predicted octanol–water partition coefficient (Wildman–Crippen LogP) is 4.00. The summed E-state index contributed by atoms with van der Waals surface area (Å²) in [5, 5.41) is 6.41. The minimum Gasteiger partial charge on any atom is -0.294 e. The maximum atomic E-state index is 6.42. The zero-order valence-corrected chi connectivity index (χ0v) is 14.2. The van der Waals surface area contributed by atoms with Crippen LogP contribution in [0.4, 0.5) is 0 Å². The van der Waals surface area contributed by atoms with Crippen molar-refractivity contribution < 1.29 is 0 Å².